The van der Waals surface area contributed by atoms with Gasteiger partial charge in [0.2, 0.25) is 0 Å². The van der Waals surface area contributed by atoms with Gasteiger partial charge >= 0.3 is 0 Å². The molecule has 0 bridgehead atoms. The number of carbonyl (C=O) groups excluding carboxylic acids is 1. The number of hydrogen-bond acceptors (Lipinski definition) is 4. The van der Waals surface area contributed by atoms with E-state index in [0.29, 0.717) is 5.56 Å². The fourth-order valence-corrected chi connectivity index (χ4v) is 3.00. The molecule has 3 rings (SSSR count). The van der Waals surface area contributed by atoms with Gasteiger partial charge in [0.05, 0.1) is 5.56 Å². The Bertz CT molecular complexity index is 763. The summed E-state index contributed by atoms with van der Waals surface area (Å²) >= 11 is 1.55. The molecule has 3 aromatic heterocycles. The molecule has 0 aliphatic heterocycles. The van der Waals surface area contributed by atoms with E-state index in [4.69, 9.17) is 0 Å². The van der Waals surface area contributed by atoms with Crippen LogP contribution in [-0.4, -0.2) is 20.4 Å². The summed E-state index contributed by atoms with van der Waals surface area (Å²) in [6.07, 6.45) is 5.05. The van der Waals surface area contributed by atoms with E-state index >= 15 is 0 Å². The SMILES string of the molecule is Cc1cc(C(=O)Nc2ccncc2)c(C)n1-c1nccs1. The molecule has 0 aliphatic rings. The summed E-state index contributed by atoms with van der Waals surface area (Å²) in [5, 5.41) is 5.67. The van der Waals surface area contributed by atoms with Crippen molar-refractivity contribution in [1.82, 2.24) is 14.5 Å². The lowest BCUT2D eigenvalue weighted by Gasteiger charge is -2.06. The second-order valence-electron chi connectivity index (χ2n) is 4.62. The van der Waals surface area contributed by atoms with Crippen molar-refractivity contribution in [2.24, 2.45) is 0 Å². The lowest BCUT2D eigenvalue weighted by Crippen LogP contribution is -2.13. The molecule has 0 saturated heterocycles. The average molecular weight is 298 g/mol. The number of nitrogens with zero attached hydrogens (tertiary/aromatic N) is 3. The largest absolute Gasteiger partial charge is 0.322 e. The molecule has 0 unspecified atom stereocenters. The predicted octanol–water partition coefficient (Wildman–Crippen LogP) is 3.20. The van der Waals surface area contributed by atoms with Gasteiger partial charge < -0.3 is 5.32 Å². The average Bonchev–Trinajstić information content (AvgIpc) is 3.08. The van der Waals surface area contributed by atoms with Gasteiger partial charge in [-0.3, -0.25) is 14.3 Å². The van der Waals surface area contributed by atoms with E-state index < -0.39 is 0 Å². The highest BCUT2D eigenvalue weighted by Crippen LogP contribution is 2.23. The van der Waals surface area contributed by atoms with Crippen molar-refractivity contribution < 1.29 is 4.79 Å². The van der Waals surface area contributed by atoms with Crippen molar-refractivity contribution >= 4 is 22.9 Å². The van der Waals surface area contributed by atoms with Gasteiger partial charge in [0.15, 0.2) is 5.13 Å². The van der Waals surface area contributed by atoms with Crippen LogP contribution < -0.4 is 5.32 Å². The first-order valence-corrected chi connectivity index (χ1v) is 7.35. The van der Waals surface area contributed by atoms with Gasteiger partial charge in [-0.15, -0.1) is 11.3 Å². The van der Waals surface area contributed by atoms with E-state index in [1.807, 2.05) is 29.9 Å². The Morgan fingerprint density at radius 2 is 2.00 bits per heavy atom. The lowest BCUT2D eigenvalue weighted by molar-refractivity contribution is 0.102. The minimum absolute atomic E-state index is 0.128. The van der Waals surface area contributed by atoms with Crippen LogP contribution in [0.3, 0.4) is 0 Å². The molecule has 0 aromatic carbocycles. The van der Waals surface area contributed by atoms with Gasteiger partial charge in [-0.25, -0.2) is 4.98 Å². The van der Waals surface area contributed by atoms with Gasteiger partial charge in [0.25, 0.3) is 5.91 Å². The maximum absolute atomic E-state index is 12.4. The molecular formula is C15H14N4OS. The zero-order valence-corrected chi connectivity index (χ0v) is 12.5. The Hall–Kier alpha value is -2.47. The third-order valence-corrected chi connectivity index (χ3v) is 3.98. The molecule has 5 nitrogen and oxygen atoms in total. The zero-order chi connectivity index (χ0) is 14.8. The molecular weight excluding hydrogens is 284 g/mol. The Balaban J connectivity index is 1.93. The molecule has 6 heteroatoms. The molecule has 0 saturated carbocycles. The molecule has 3 aromatic rings. The van der Waals surface area contributed by atoms with Crippen LogP contribution in [0.5, 0.6) is 0 Å². The molecule has 0 radical (unpaired) electrons. The van der Waals surface area contributed by atoms with Crippen LogP contribution in [0.4, 0.5) is 5.69 Å². The van der Waals surface area contributed by atoms with E-state index in [0.717, 1.165) is 22.2 Å². The number of anilines is 1. The molecule has 0 aliphatic carbocycles. The zero-order valence-electron chi connectivity index (χ0n) is 11.7. The van der Waals surface area contributed by atoms with E-state index in [9.17, 15) is 4.79 Å². The first-order valence-electron chi connectivity index (χ1n) is 6.47. The Labute approximate surface area is 126 Å². The molecule has 0 atom stereocenters. The molecule has 0 spiro atoms. The van der Waals surface area contributed by atoms with E-state index in [1.54, 1.807) is 42.1 Å². The molecule has 21 heavy (non-hydrogen) atoms. The molecule has 3 heterocycles. The summed E-state index contributed by atoms with van der Waals surface area (Å²) in [5.74, 6) is -0.128. The lowest BCUT2D eigenvalue weighted by atomic mass is 10.2. The quantitative estimate of drug-likeness (QED) is 0.807. The van der Waals surface area contributed by atoms with Gasteiger partial charge in [0, 0.05) is 41.0 Å². The predicted molar refractivity (Wildman–Crippen MR) is 83.1 cm³/mol. The van der Waals surface area contributed by atoms with Gasteiger partial charge in [-0.05, 0) is 32.0 Å². The van der Waals surface area contributed by atoms with E-state index in [2.05, 4.69) is 15.3 Å². The molecule has 106 valence electrons. The third-order valence-electron chi connectivity index (χ3n) is 3.22. The highest BCUT2D eigenvalue weighted by Gasteiger charge is 2.17. The van der Waals surface area contributed by atoms with E-state index in [1.165, 1.54) is 0 Å². The maximum Gasteiger partial charge on any atom is 0.257 e. The Kier molecular flexibility index (Phi) is 3.53. The van der Waals surface area contributed by atoms with Crippen LogP contribution in [-0.2, 0) is 0 Å². The number of thiazole rings is 1. The molecule has 1 N–H and O–H groups in total. The number of carbonyl (C=O) groups is 1. The number of aromatic nitrogens is 3. The summed E-state index contributed by atoms with van der Waals surface area (Å²) in [6.45, 7) is 3.90. The summed E-state index contributed by atoms with van der Waals surface area (Å²) in [7, 11) is 0. The Morgan fingerprint density at radius 3 is 2.67 bits per heavy atom. The topological polar surface area (TPSA) is 59.8 Å². The first-order chi connectivity index (χ1) is 10.2. The van der Waals surface area contributed by atoms with Crippen LogP contribution in [0.25, 0.3) is 5.13 Å². The monoisotopic (exact) mass is 298 g/mol. The number of hydrogen-bond donors (Lipinski definition) is 1. The summed E-state index contributed by atoms with van der Waals surface area (Å²) in [4.78, 5) is 20.6. The van der Waals surface area contributed by atoms with Crippen molar-refractivity contribution in [3.05, 3.63) is 59.1 Å². The number of amides is 1. The van der Waals surface area contributed by atoms with Crippen LogP contribution in [0.15, 0.2) is 42.2 Å². The van der Waals surface area contributed by atoms with Crippen LogP contribution >= 0.6 is 11.3 Å². The number of aryl methyl sites for hydroxylation is 1. The van der Waals surface area contributed by atoms with Crippen LogP contribution in [0.2, 0.25) is 0 Å². The van der Waals surface area contributed by atoms with Gasteiger partial charge in [-0.1, -0.05) is 0 Å². The first kappa shape index (κ1) is 13.5. The Morgan fingerprint density at radius 1 is 1.24 bits per heavy atom. The van der Waals surface area contributed by atoms with Crippen molar-refractivity contribution in [3.63, 3.8) is 0 Å². The highest BCUT2D eigenvalue weighted by molar-refractivity contribution is 7.12. The third kappa shape index (κ3) is 2.57. The number of pyridine rings is 1. The van der Waals surface area contributed by atoms with Crippen LogP contribution in [0, 0.1) is 13.8 Å². The minimum Gasteiger partial charge on any atom is -0.322 e. The standard InChI is InChI=1S/C15H14N4OS/c1-10-9-13(11(2)19(10)15-17-7-8-21-15)14(20)18-12-3-5-16-6-4-12/h3-9H,1-2H3,(H,16,18,20). The second kappa shape index (κ2) is 5.49. The van der Waals surface area contributed by atoms with Crippen molar-refractivity contribution in [3.8, 4) is 5.13 Å². The number of rotatable bonds is 3. The fourth-order valence-electron chi connectivity index (χ4n) is 2.25. The maximum atomic E-state index is 12.4. The van der Waals surface area contributed by atoms with Crippen molar-refractivity contribution in [2.75, 3.05) is 5.32 Å². The highest BCUT2D eigenvalue weighted by atomic mass is 32.1. The molecule has 1 amide bonds. The van der Waals surface area contributed by atoms with Crippen molar-refractivity contribution in [2.45, 2.75) is 13.8 Å². The summed E-state index contributed by atoms with van der Waals surface area (Å²) in [6, 6.07) is 5.41. The number of nitrogens with one attached hydrogen (secondary N) is 1. The van der Waals surface area contributed by atoms with E-state index in [-0.39, 0.29) is 5.91 Å². The second-order valence-corrected chi connectivity index (χ2v) is 5.50. The summed E-state index contributed by atoms with van der Waals surface area (Å²) in [5.41, 5.74) is 3.25. The minimum atomic E-state index is -0.128. The van der Waals surface area contributed by atoms with Crippen LogP contribution in [0.1, 0.15) is 21.7 Å². The van der Waals surface area contributed by atoms with Gasteiger partial charge in [-0.2, -0.15) is 0 Å². The molecule has 0 fully saturated rings. The smallest absolute Gasteiger partial charge is 0.257 e. The normalized spacial score (nSPS) is 10.6. The van der Waals surface area contributed by atoms with Crippen molar-refractivity contribution in [1.29, 1.82) is 0 Å². The summed E-state index contributed by atoms with van der Waals surface area (Å²) < 4.78 is 1.99. The fraction of sp³-hybridized carbons (Fsp3) is 0.133. The van der Waals surface area contributed by atoms with Gasteiger partial charge in [0.1, 0.15) is 0 Å².